The standard InChI is InChI=1S/C7H14N2O2/c1-7(11)2-3-9(5-7)6(10)4-8/h11H,2-5,8H2,1H3. The quantitative estimate of drug-likeness (QED) is 0.510. The van der Waals surface area contributed by atoms with Gasteiger partial charge in [-0.15, -0.1) is 0 Å². The van der Waals surface area contributed by atoms with Crippen LogP contribution in [0, 0.1) is 0 Å². The Morgan fingerprint density at radius 3 is 2.82 bits per heavy atom. The zero-order valence-corrected chi connectivity index (χ0v) is 6.71. The lowest BCUT2D eigenvalue weighted by atomic mass is 10.1. The molecule has 0 radical (unpaired) electrons. The molecule has 1 saturated heterocycles. The minimum Gasteiger partial charge on any atom is -0.388 e. The van der Waals surface area contributed by atoms with E-state index in [9.17, 15) is 9.90 Å². The van der Waals surface area contributed by atoms with Crippen molar-refractivity contribution < 1.29 is 9.90 Å². The van der Waals surface area contributed by atoms with Crippen molar-refractivity contribution >= 4 is 5.91 Å². The van der Waals surface area contributed by atoms with E-state index in [4.69, 9.17) is 5.73 Å². The zero-order valence-electron chi connectivity index (χ0n) is 6.71. The van der Waals surface area contributed by atoms with Gasteiger partial charge in [0.15, 0.2) is 0 Å². The second-order valence-electron chi connectivity index (χ2n) is 3.27. The first-order chi connectivity index (χ1) is 5.05. The molecule has 0 aromatic rings. The lowest BCUT2D eigenvalue weighted by Gasteiger charge is -2.17. The Morgan fingerprint density at radius 2 is 2.45 bits per heavy atom. The molecule has 64 valence electrons. The molecule has 0 spiro atoms. The predicted octanol–water partition coefficient (Wildman–Crippen LogP) is -1.07. The number of hydrogen-bond donors (Lipinski definition) is 2. The fourth-order valence-corrected chi connectivity index (χ4v) is 1.29. The van der Waals surface area contributed by atoms with Crippen LogP contribution in [0.4, 0.5) is 0 Å². The number of carbonyl (C=O) groups excluding carboxylic acids is 1. The van der Waals surface area contributed by atoms with Crippen LogP contribution in [0.3, 0.4) is 0 Å². The van der Waals surface area contributed by atoms with Gasteiger partial charge in [-0.3, -0.25) is 4.79 Å². The zero-order chi connectivity index (χ0) is 8.48. The number of likely N-dealkylation sites (tertiary alicyclic amines) is 1. The maximum absolute atomic E-state index is 11.0. The van der Waals surface area contributed by atoms with Gasteiger partial charge >= 0.3 is 0 Å². The first-order valence-electron chi connectivity index (χ1n) is 3.75. The van der Waals surface area contributed by atoms with Crippen molar-refractivity contribution in [1.29, 1.82) is 0 Å². The predicted molar refractivity (Wildman–Crippen MR) is 40.9 cm³/mol. The molecule has 0 aromatic carbocycles. The smallest absolute Gasteiger partial charge is 0.236 e. The van der Waals surface area contributed by atoms with Gasteiger partial charge in [0.1, 0.15) is 0 Å². The van der Waals surface area contributed by atoms with E-state index in [1.54, 1.807) is 11.8 Å². The van der Waals surface area contributed by atoms with Crippen LogP contribution in [0.15, 0.2) is 0 Å². The summed E-state index contributed by atoms with van der Waals surface area (Å²) in [6, 6.07) is 0. The summed E-state index contributed by atoms with van der Waals surface area (Å²) in [6.45, 7) is 2.82. The number of rotatable bonds is 1. The van der Waals surface area contributed by atoms with E-state index in [0.717, 1.165) is 0 Å². The lowest BCUT2D eigenvalue weighted by molar-refractivity contribution is -0.129. The summed E-state index contributed by atoms with van der Waals surface area (Å²) in [4.78, 5) is 12.6. The molecule has 1 fully saturated rings. The third-order valence-corrected chi connectivity index (χ3v) is 1.98. The van der Waals surface area contributed by atoms with E-state index in [2.05, 4.69) is 0 Å². The summed E-state index contributed by atoms with van der Waals surface area (Å²) < 4.78 is 0. The fourth-order valence-electron chi connectivity index (χ4n) is 1.29. The number of nitrogens with two attached hydrogens (primary N) is 1. The van der Waals surface area contributed by atoms with Gasteiger partial charge in [0, 0.05) is 13.1 Å². The second-order valence-corrected chi connectivity index (χ2v) is 3.27. The van der Waals surface area contributed by atoms with E-state index >= 15 is 0 Å². The third-order valence-electron chi connectivity index (χ3n) is 1.98. The molecule has 4 nitrogen and oxygen atoms in total. The van der Waals surface area contributed by atoms with Gasteiger partial charge in [-0.05, 0) is 13.3 Å². The van der Waals surface area contributed by atoms with E-state index in [-0.39, 0.29) is 12.5 Å². The summed E-state index contributed by atoms with van der Waals surface area (Å²) in [7, 11) is 0. The highest BCUT2D eigenvalue weighted by Gasteiger charge is 2.33. The molecule has 11 heavy (non-hydrogen) atoms. The van der Waals surface area contributed by atoms with Gasteiger partial charge in [0.05, 0.1) is 12.1 Å². The van der Waals surface area contributed by atoms with Crippen LogP contribution in [0.2, 0.25) is 0 Å². The minimum atomic E-state index is -0.704. The van der Waals surface area contributed by atoms with Crippen molar-refractivity contribution in [3.8, 4) is 0 Å². The Bertz CT molecular complexity index is 168. The summed E-state index contributed by atoms with van der Waals surface area (Å²) in [5.74, 6) is -0.0808. The van der Waals surface area contributed by atoms with Gasteiger partial charge in [-0.2, -0.15) is 0 Å². The molecular formula is C7H14N2O2. The molecule has 1 atom stereocenters. The van der Waals surface area contributed by atoms with Gasteiger partial charge in [-0.1, -0.05) is 0 Å². The Morgan fingerprint density at radius 1 is 1.82 bits per heavy atom. The van der Waals surface area contributed by atoms with Gasteiger partial charge < -0.3 is 15.7 Å². The average molecular weight is 158 g/mol. The van der Waals surface area contributed by atoms with Crippen molar-refractivity contribution in [3.63, 3.8) is 0 Å². The lowest BCUT2D eigenvalue weighted by Crippen LogP contribution is -2.37. The number of β-amino-alcohol motifs (C(OH)–C–C–N with tert-alkyl or cyclic N) is 1. The van der Waals surface area contributed by atoms with Crippen LogP contribution in [0.25, 0.3) is 0 Å². The second kappa shape index (κ2) is 2.79. The van der Waals surface area contributed by atoms with Crippen molar-refractivity contribution in [1.82, 2.24) is 4.90 Å². The van der Waals surface area contributed by atoms with Crippen LogP contribution in [0.1, 0.15) is 13.3 Å². The van der Waals surface area contributed by atoms with E-state index in [0.29, 0.717) is 19.5 Å². The first-order valence-corrected chi connectivity index (χ1v) is 3.75. The van der Waals surface area contributed by atoms with Crippen LogP contribution < -0.4 is 5.73 Å². The minimum absolute atomic E-state index is 0.0378. The van der Waals surface area contributed by atoms with Crippen molar-refractivity contribution in [2.75, 3.05) is 19.6 Å². The monoisotopic (exact) mass is 158 g/mol. The number of nitrogens with zero attached hydrogens (tertiary/aromatic N) is 1. The van der Waals surface area contributed by atoms with Crippen molar-refractivity contribution in [3.05, 3.63) is 0 Å². The van der Waals surface area contributed by atoms with Crippen LogP contribution in [-0.4, -0.2) is 41.1 Å². The molecule has 0 aliphatic carbocycles. The topological polar surface area (TPSA) is 66.6 Å². The number of aliphatic hydroxyl groups is 1. The van der Waals surface area contributed by atoms with Crippen LogP contribution in [-0.2, 0) is 4.79 Å². The number of amides is 1. The highest BCUT2D eigenvalue weighted by molar-refractivity contribution is 5.78. The molecule has 1 amide bonds. The maximum Gasteiger partial charge on any atom is 0.236 e. The van der Waals surface area contributed by atoms with E-state index < -0.39 is 5.60 Å². The van der Waals surface area contributed by atoms with Gasteiger partial charge in [0.2, 0.25) is 5.91 Å². The molecule has 4 heteroatoms. The molecule has 1 heterocycles. The van der Waals surface area contributed by atoms with E-state index in [1.165, 1.54) is 0 Å². The Kier molecular flexibility index (Phi) is 2.15. The summed E-state index contributed by atoms with van der Waals surface area (Å²) in [6.07, 6.45) is 0.652. The molecule has 0 bridgehead atoms. The summed E-state index contributed by atoms with van der Waals surface area (Å²) in [5.41, 5.74) is 4.46. The average Bonchev–Trinajstić information content (AvgIpc) is 2.29. The molecule has 0 aromatic heterocycles. The molecule has 1 aliphatic rings. The van der Waals surface area contributed by atoms with Gasteiger partial charge in [0.25, 0.3) is 0 Å². The Balaban J connectivity index is 2.48. The normalized spacial score (nSPS) is 31.0. The Labute approximate surface area is 66.0 Å². The van der Waals surface area contributed by atoms with Crippen molar-refractivity contribution in [2.24, 2.45) is 5.73 Å². The molecule has 3 N–H and O–H groups in total. The van der Waals surface area contributed by atoms with Crippen LogP contribution in [0.5, 0.6) is 0 Å². The highest BCUT2D eigenvalue weighted by Crippen LogP contribution is 2.19. The number of hydrogen-bond acceptors (Lipinski definition) is 3. The third kappa shape index (κ3) is 1.91. The van der Waals surface area contributed by atoms with Crippen molar-refractivity contribution in [2.45, 2.75) is 18.9 Å². The largest absolute Gasteiger partial charge is 0.388 e. The highest BCUT2D eigenvalue weighted by atomic mass is 16.3. The molecule has 0 saturated carbocycles. The SMILES string of the molecule is CC1(O)CCN(C(=O)CN)C1. The summed E-state index contributed by atoms with van der Waals surface area (Å²) in [5, 5.41) is 9.47. The Hall–Kier alpha value is -0.610. The molecule has 1 aliphatic heterocycles. The van der Waals surface area contributed by atoms with Crippen LogP contribution >= 0.6 is 0 Å². The molecule has 1 unspecified atom stereocenters. The summed E-state index contributed by atoms with van der Waals surface area (Å²) >= 11 is 0. The fraction of sp³-hybridized carbons (Fsp3) is 0.857. The number of carbonyl (C=O) groups is 1. The van der Waals surface area contributed by atoms with Gasteiger partial charge in [-0.25, -0.2) is 0 Å². The molecular weight excluding hydrogens is 144 g/mol. The molecule has 1 rings (SSSR count). The first kappa shape index (κ1) is 8.49. The maximum atomic E-state index is 11.0. The van der Waals surface area contributed by atoms with E-state index in [1.807, 2.05) is 0 Å².